The fourth-order valence-electron chi connectivity index (χ4n) is 4.20. The smallest absolute Gasteiger partial charge is 0.275 e. The van der Waals surface area contributed by atoms with Gasteiger partial charge >= 0.3 is 0 Å². The molecule has 0 bridgehead atoms. The Hall–Kier alpha value is -2.74. The second-order valence-electron chi connectivity index (χ2n) is 8.42. The molecule has 2 aliphatic rings. The molecule has 3 aromatic rings. The Bertz CT molecular complexity index is 1180. The number of hydrogen-bond donors (Lipinski definition) is 1. The van der Waals surface area contributed by atoms with Crippen molar-refractivity contribution in [3.63, 3.8) is 0 Å². The van der Waals surface area contributed by atoms with Gasteiger partial charge in [0.1, 0.15) is 11.9 Å². The highest BCUT2D eigenvalue weighted by Gasteiger charge is 2.27. The number of carbonyl (C=O) groups excluding carboxylic acids is 1. The molecule has 1 N–H and O–H groups in total. The number of rotatable bonds is 4. The maximum absolute atomic E-state index is 13.1. The lowest BCUT2D eigenvalue weighted by molar-refractivity contribution is 0.0705. The highest BCUT2D eigenvalue weighted by Crippen LogP contribution is 2.28. The van der Waals surface area contributed by atoms with Crippen LogP contribution in [0, 0.1) is 13.8 Å². The average molecular weight is 439 g/mol. The lowest BCUT2D eigenvalue weighted by Crippen LogP contribution is -2.39. The number of aromatic amines is 1. The molecule has 0 aliphatic carbocycles. The second kappa shape index (κ2) is 8.07. The van der Waals surface area contributed by atoms with Crippen molar-refractivity contribution in [3.05, 3.63) is 63.2 Å². The predicted octanol–water partition coefficient (Wildman–Crippen LogP) is 3.15. The lowest BCUT2D eigenvalue weighted by Gasteiger charge is -2.32. The third-order valence-electron chi connectivity index (χ3n) is 6.26. The molecule has 2 fully saturated rings. The summed E-state index contributed by atoms with van der Waals surface area (Å²) in [7, 11) is 0. The van der Waals surface area contributed by atoms with Gasteiger partial charge in [-0.2, -0.15) is 11.8 Å². The van der Waals surface area contributed by atoms with E-state index < -0.39 is 0 Å². The van der Waals surface area contributed by atoms with Gasteiger partial charge < -0.3 is 9.64 Å². The Labute approximate surface area is 184 Å². The largest absolute Gasteiger partial charge is 0.489 e. The summed E-state index contributed by atoms with van der Waals surface area (Å²) in [6.07, 6.45) is 2.18. The number of aromatic nitrogens is 3. The maximum Gasteiger partial charge on any atom is 0.275 e. The van der Waals surface area contributed by atoms with Crippen LogP contribution < -0.4 is 10.3 Å². The molecule has 162 valence electrons. The van der Waals surface area contributed by atoms with Crippen LogP contribution in [0.4, 0.5) is 0 Å². The first kappa shape index (κ1) is 20.2. The van der Waals surface area contributed by atoms with Crippen molar-refractivity contribution < 1.29 is 9.53 Å². The van der Waals surface area contributed by atoms with Crippen LogP contribution in [0.15, 0.2) is 35.1 Å². The van der Waals surface area contributed by atoms with Crippen LogP contribution >= 0.6 is 11.8 Å². The zero-order valence-electron chi connectivity index (χ0n) is 17.8. The number of likely N-dealkylation sites (tertiary alicyclic amines) is 1. The van der Waals surface area contributed by atoms with E-state index in [0.717, 1.165) is 48.0 Å². The van der Waals surface area contributed by atoms with E-state index in [1.54, 1.807) is 6.92 Å². The summed E-state index contributed by atoms with van der Waals surface area (Å²) < 4.78 is 7.39. The van der Waals surface area contributed by atoms with Crippen LogP contribution in [0.5, 0.6) is 5.75 Å². The predicted molar refractivity (Wildman–Crippen MR) is 121 cm³/mol. The third kappa shape index (κ3) is 3.84. The van der Waals surface area contributed by atoms with Crippen molar-refractivity contribution in [2.24, 2.45) is 0 Å². The van der Waals surface area contributed by atoms with Crippen LogP contribution in [0.3, 0.4) is 0 Å². The second-order valence-corrected chi connectivity index (χ2v) is 9.50. The zero-order valence-corrected chi connectivity index (χ0v) is 18.6. The van der Waals surface area contributed by atoms with Crippen LogP contribution in [0.25, 0.3) is 5.65 Å². The standard InChI is InChI=1S/C23H26N4O3S/c1-14-15(2)24-21-10-20(25-27(21)22(14)28)17-4-3-9-26(11-17)23(29)16-5-7-18(8-6-16)30-19-12-31-13-19/h5-8,10,17,19,25H,3-4,9,11-13H2,1-2H3. The van der Waals surface area contributed by atoms with Gasteiger partial charge in [0, 0.05) is 59.1 Å². The van der Waals surface area contributed by atoms with E-state index in [2.05, 4.69) is 10.1 Å². The molecule has 4 heterocycles. The van der Waals surface area contributed by atoms with E-state index in [0.29, 0.717) is 29.4 Å². The van der Waals surface area contributed by atoms with Crippen molar-refractivity contribution >= 4 is 23.3 Å². The molecule has 1 unspecified atom stereocenters. The van der Waals surface area contributed by atoms with Crippen LogP contribution in [-0.4, -0.2) is 56.1 Å². The van der Waals surface area contributed by atoms with Crippen LogP contribution in [0.1, 0.15) is 46.1 Å². The van der Waals surface area contributed by atoms with Crippen molar-refractivity contribution in [2.75, 3.05) is 24.6 Å². The SMILES string of the molecule is Cc1nc2cc(C3CCCN(C(=O)c4ccc(OC5CSC5)cc4)C3)[nH]n2c(=O)c1C. The Kier molecular flexibility index (Phi) is 5.25. The number of amides is 1. The average Bonchev–Trinajstić information content (AvgIpc) is 3.19. The minimum absolute atomic E-state index is 0.0357. The molecule has 1 amide bonds. The molecule has 0 spiro atoms. The number of nitrogens with one attached hydrogen (secondary N) is 1. The van der Waals surface area contributed by atoms with E-state index in [1.807, 2.05) is 53.9 Å². The number of ether oxygens (including phenoxy) is 1. The Morgan fingerprint density at radius 3 is 2.71 bits per heavy atom. The molecule has 31 heavy (non-hydrogen) atoms. The normalized spacial score (nSPS) is 19.4. The molecule has 1 aromatic carbocycles. The lowest BCUT2D eigenvalue weighted by atomic mass is 9.94. The number of piperidine rings is 1. The molecule has 2 aromatic heterocycles. The quantitative estimate of drug-likeness (QED) is 0.677. The Balaban J connectivity index is 1.32. The van der Waals surface area contributed by atoms with Crippen molar-refractivity contribution in [1.82, 2.24) is 19.5 Å². The van der Waals surface area contributed by atoms with Crippen molar-refractivity contribution in [3.8, 4) is 5.75 Å². The summed E-state index contributed by atoms with van der Waals surface area (Å²) in [5.74, 6) is 3.07. The summed E-state index contributed by atoms with van der Waals surface area (Å²) in [6.45, 7) is 5.01. The first-order valence-electron chi connectivity index (χ1n) is 10.7. The molecule has 1 atom stereocenters. The highest BCUT2D eigenvalue weighted by atomic mass is 32.2. The maximum atomic E-state index is 13.1. The minimum Gasteiger partial charge on any atom is -0.489 e. The topological polar surface area (TPSA) is 79.7 Å². The van der Waals surface area contributed by atoms with E-state index in [9.17, 15) is 9.59 Å². The van der Waals surface area contributed by atoms with Crippen LogP contribution in [0.2, 0.25) is 0 Å². The fraction of sp³-hybridized carbons (Fsp3) is 0.435. The third-order valence-corrected chi connectivity index (χ3v) is 7.48. The molecule has 8 heteroatoms. The minimum atomic E-state index is -0.0692. The first-order chi connectivity index (χ1) is 15.0. The molecule has 5 rings (SSSR count). The number of hydrogen-bond acceptors (Lipinski definition) is 5. The van der Waals surface area contributed by atoms with Gasteiger partial charge in [0.25, 0.3) is 11.5 Å². The summed E-state index contributed by atoms with van der Waals surface area (Å²) in [5, 5.41) is 3.22. The Morgan fingerprint density at radius 2 is 2.00 bits per heavy atom. The van der Waals surface area contributed by atoms with Gasteiger partial charge in [-0.1, -0.05) is 0 Å². The van der Waals surface area contributed by atoms with E-state index >= 15 is 0 Å². The molecule has 2 saturated heterocycles. The van der Waals surface area contributed by atoms with Gasteiger partial charge in [0.15, 0.2) is 5.65 Å². The first-order valence-corrected chi connectivity index (χ1v) is 11.9. The summed E-state index contributed by atoms with van der Waals surface area (Å²) in [6, 6.07) is 9.42. The number of H-pyrrole nitrogens is 1. The number of carbonyl (C=O) groups is 1. The number of aryl methyl sites for hydroxylation is 1. The number of thioether (sulfide) groups is 1. The molecule has 0 saturated carbocycles. The van der Waals surface area contributed by atoms with Crippen LogP contribution in [-0.2, 0) is 0 Å². The van der Waals surface area contributed by atoms with Gasteiger partial charge in [-0.05, 0) is 51.0 Å². The zero-order chi connectivity index (χ0) is 21.5. The Morgan fingerprint density at radius 1 is 1.23 bits per heavy atom. The van der Waals surface area contributed by atoms with E-state index in [-0.39, 0.29) is 17.4 Å². The van der Waals surface area contributed by atoms with Gasteiger partial charge in [-0.25, -0.2) is 9.50 Å². The molecular formula is C23H26N4O3S. The molecule has 2 aliphatic heterocycles. The summed E-state index contributed by atoms with van der Waals surface area (Å²) in [4.78, 5) is 32.1. The number of nitrogens with zero attached hydrogens (tertiary/aromatic N) is 3. The van der Waals surface area contributed by atoms with Gasteiger partial charge in [-0.3, -0.25) is 14.7 Å². The monoisotopic (exact) mass is 438 g/mol. The number of benzene rings is 1. The molecular weight excluding hydrogens is 412 g/mol. The highest BCUT2D eigenvalue weighted by molar-refractivity contribution is 8.00. The fourth-order valence-corrected chi connectivity index (χ4v) is 4.76. The van der Waals surface area contributed by atoms with Crippen molar-refractivity contribution in [1.29, 1.82) is 0 Å². The summed E-state index contributed by atoms with van der Waals surface area (Å²) in [5.41, 5.74) is 3.59. The molecule has 7 nitrogen and oxygen atoms in total. The van der Waals surface area contributed by atoms with Gasteiger partial charge in [-0.15, -0.1) is 0 Å². The molecule has 0 radical (unpaired) electrons. The van der Waals surface area contributed by atoms with E-state index in [4.69, 9.17) is 4.74 Å². The van der Waals surface area contributed by atoms with E-state index in [1.165, 1.54) is 4.52 Å². The summed E-state index contributed by atoms with van der Waals surface area (Å²) >= 11 is 1.88. The van der Waals surface area contributed by atoms with Gasteiger partial charge in [0.2, 0.25) is 0 Å². The van der Waals surface area contributed by atoms with Crippen molar-refractivity contribution in [2.45, 2.75) is 38.7 Å². The number of fused-ring (bicyclic) bond motifs is 1. The van der Waals surface area contributed by atoms with Gasteiger partial charge in [0.05, 0.1) is 0 Å².